The fraction of sp³-hybridized carbons (Fsp3) is 0.0588. The number of benzene rings is 2. The van der Waals surface area contributed by atoms with Crippen molar-refractivity contribution >= 4 is 44.0 Å². The largest absolute Gasteiger partial charge is 0.298 e. The maximum atomic E-state index is 12.2. The summed E-state index contributed by atoms with van der Waals surface area (Å²) >= 11 is 4.80. The van der Waals surface area contributed by atoms with E-state index in [-0.39, 0.29) is 11.6 Å². The first kappa shape index (κ1) is 17.2. The molecule has 6 nitrogen and oxygen atoms in total. The first-order valence-electron chi connectivity index (χ1n) is 7.26. The first-order valence-corrected chi connectivity index (χ1v) is 8.87. The molecule has 0 atom stereocenters. The van der Waals surface area contributed by atoms with Gasteiger partial charge in [0.2, 0.25) is 0 Å². The van der Waals surface area contributed by atoms with Crippen molar-refractivity contribution < 1.29 is 9.72 Å². The topological polar surface area (TPSA) is 85.1 Å². The molecule has 0 saturated carbocycles. The van der Waals surface area contributed by atoms with Crippen molar-refractivity contribution in [2.24, 2.45) is 0 Å². The summed E-state index contributed by atoms with van der Waals surface area (Å²) in [7, 11) is 0. The molecule has 0 aliphatic heterocycles. The zero-order valence-electron chi connectivity index (χ0n) is 12.8. The van der Waals surface area contributed by atoms with E-state index in [0.29, 0.717) is 10.7 Å². The highest BCUT2D eigenvalue weighted by Gasteiger charge is 2.11. The summed E-state index contributed by atoms with van der Waals surface area (Å²) < 4.78 is 1.02. The van der Waals surface area contributed by atoms with Crippen molar-refractivity contribution in [1.29, 1.82) is 0 Å². The quantitative estimate of drug-likeness (QED) is 0.483. The second-order valence-corrected chi connectivity index (χ2v) is 7.22. The zero-order valence-corrected chi connectivity index (χ0v) is 15.2. The van der Waals surface area contributed by atoms with Gasteiger partial charge in [0.25, 0.3) is 11.6 Å². The molecule has 0 aliphatic carbocycles. The Morgan fingerprint density at radius 1 is 1.16 bits per heavy atom. The van der Waals surface area contributed by atoms with Crippen LogP contribution in [0.25, 0.3) is 0 Å². The molecule has 8 heteroatoms. The van der Waals surface area contributed by atoms with Gasteiger partial charge in [0.05, 0.1) is 4.92 Å². The Labute approximate surface area is 155 Å². The molecule has 1 aromatic heterocycles. The van der Waals surface area contributed by atoms with Crippen LogP contribution in [0.4, 0.5) is 10.8 Å². The SMILES string of the molecule is O=C(Nc1ncc(Cc2ccc(Br)cc2)s1)c1ccc([N+](=O)[O-])cc1. The maximum Gasteiger partial charge on any atom is 0.269 e. The van der Waals surface area contributed by atoms with E-state index in [0.717, 1.165) is 21.3 Å². The van der Waals surface area contributed by atoms with Crippen LogP contribution in [0.5, 0.6) is 0 Å². The van der Waals surface area contributed by atoms with Gasteiger partial charge in [0, 0.05) is 39.7 Å². The normalized spacial score (nSPS) is 10.4. The number of nitrogens with zero attached hydrogens (tertiary/aromatic N) is 2. The Hall–Kier alpha value is -2.58. The van der Waals surface area contributed by atoms with E-state index in [9.17, 15) is 14.9 Å². The van der Waals surface area contributed by atoms with Crippen molar-refractivity contribution in [2.45, 2.75) is 6.42 Å². The third-order valence-electron chi connectivity index (χ3n) is 3.41. The van der Waals surface area contributed by atoms with Crippen LogP contribution in [0.2, 0.25) is 0 Å². The monoisotopic (exact) mass is 417 g/mol. The van der Waals surface area contributed by atoms with Crippen molar-refractivity contribution in [1.82, 2.24) is 4.98 Å². The highest BCUT2D eigenvalue weighted by atomic mass is 79.9. The summed E-state index contributed by atoms with van der Waals surface area (Å²) in [6.07, 6.45) is 2.47. The van der Waals surface area contributed by atoms with Gasteiger partial charge in [0.1, 0.15) is 0 Å². The molecule has 0 saturated heterocycles. The van der Waals surface area contributed by atoms with Gasteiger partial charge in [-0.25, -0.2) is 4.98 Å². The fourth-order valence-corrected chi connectivity index (χ4v) is 3.26. The minimum absolute atomic E-state index is 0.0532. The lowest BCUT2D eigenvalue weighted by molar-refractivity contribution is -0.384. The fourth-order valence-electron chi connectivity index (χ4n) is 2.15. The summed E-state index contributed by atoms with van der Waals surface area (Å²) in [4.78, 5) is 27.6. The summed E-state index contributed by atoms with van der Waals surface area (Å²) in [5.74, 6) is -0.348. The van der Waals surface area contributed by atoms with E-state index >= 15 is 0 Å². The van der Waals surface area contributed by atoms with E-state index in [1.807, 2.05) is 24.3 Å². The maximum absolute atomic E-state index is 12.2. The molecule has 0 spiro atoms. The average molecular weight is 418 g/mol. The number of rotatable bonds is 5. The number of thiazole rings is 1. The number of carbonyl (C=O) groups excluding carboxylic acids is 1. The minimum Gasteiger partial charge on any atom is -0.298 e. The Balaban J connectivity index is 1.65. The molecule has 3 aromatic rings. The van der Waals surface area contributed by atoms with Crippen LogP contribution in [0, 0.1) is 10.1 Å². The third-order valence-corrected chi connectivity index (χ3v) is 4.85. The summed E-state index contributed by atoms with van der Waals surface area (Å²) in [6.45, 7) is 0. The van der Waals surface area contributed by atoms with Crippen LogP contribution in [0.3, 0.4) is 0 Å². The summed E-state index contributed by atoms with van der Waals surface area (Å²) in [5.41, 5.74) is 1.44. The number of anilines is 1. The third kappa shape index (κ3) is 4.49. The van der Waals surface area contributed by atoms with Crippen molar-refractivity contribution in [3.63, 3.8) is 0 Å². The van der Waals surface area contributed by atoms with Crippen molar-refractivity contribution in [3.8, 4) is 0 Å². The van der Waals surface area contributed by atoms with Crippen LogP contribution >= 0.6 is 27.3 Å². The molecular weight excluding hydrogens is 406 g/mol. The van der Waals surface area contributed by atoms with Gasteiger partial charge in [-0.15, -0.1) is 11.3 Å². The minimum atomic E-state index is -0.503. The van der Waals surface area contributed by atoms with E-state index in [1.54, 1.807) is 6.20 Å². The van der Waals surface area contributed by atoms with E-state index in [2.05, 4.69) is 26.2 Å². The molecule has 1 amide bonds. The first-order chi connectivity index (χ1) is 12.0. The second kappa shape index (κ2) is 7.54. The van der Waals surface area contributed by atoms with Crippen molar-refractivity contribution in [2.75, 3.05) is 5.32 Å². The average Bonchev–Trinajstić information content (AvgIpc) is 3.04. The van der Waals surface area contributed by atoms with Gasteiger partial charge in [0.15, 0.2) is 5.13 Å². The Morgan fingerprint density at radius 2 is 1.84 bits per heavy atom. The van der Waals surface area contributed by atoms with Gasteiger partial charge in [-0.3, -0.25) is 20.2 Å². The van der Waals surface area contributed by atoms with E-state index in [4.69, 9.17) is 0 Å². The summed E-state index contributed by atoms with van der Waals surface area (Å²) in [6, 6.07) is 13.5. The van der Waals surface area contributed by atoms with Crippen LogP contribution in [-0.2, 0) is 6.42 Å². The predicted octanol–water partition coefficient (Wildman–Crippen LogP) is 4.66. The highest BCUT2D eigenvalue weighted by molar-refractivity contribution is 9.10. The van der Waals surface area contributed by atoms with Crippen LogP contribution in [0.1, 0.15) is 20.8 Å². The Kier molecular flexibility index (Phi) is 5.20. The van der Waals surface area contributed by atoms with Gasteiger partial charge in [-0.05, 0) is 29.8 Å². The number of halogens is 1. The molecule has 0 bridgehead atoms. The standard InChI is InChI=1S/C17H12BrN3O3S/c18-13-5-1-11(2-6-13)9-15-10-19-17(25-15)20-16(22)12-3-7-14(8-4-12)21(23)24/h1-8,10H,9H2,(H,19,20,22). The molecule has 0 fully saturated rings. The van der Waals surface area contributed by atoms with Crippen LogP contribution in [-0.4, -0.2) is 15.8 Å². The second-order valence-electron chi connectivity index (χ2n) is 5.19. The molecule has 1 N–H and O–H groups in total. The number of hydrogen-bond acceptors (Lipinski definition) is 5. The lowest BCUT2D eigenvalue weighted by Gasteiger charge is -2.01. The van der Waals surface area contributed by atoms with Crippen LogP contribution < -0.4 is 5.32 Å². The number of hydrogen-bond donors (Lipinski definition) is 1. The van der Waals surface area contributed by atoms with Crippen molar-refractivity contribution in [3.05, 3.63) is 85.3 Å². The molecule has 0 aliphatic rings. The molecule has 25 heavy (non-hydrogen) atoms. The number of aromatic nitrogens is 1. The molecule has 1 heterocycles. The Morgan fingerprint density at radius 3 is 2.48 bits per heavy atom. The van der Waals surface area contributed by atoms with E-state index < -0.39 is 4.92 Å². The van der Waals surface area contributed by atoms with Gasteiger partial charge in [-0.1, -0.05) is 28.1 Å². The number of nitrogens with one attached hydrogen (secondary N) is 1. The van der Waals surface area contributed by atoms with Crippen LogP contribution in [0.15, 0.2) is 59.2 Å². The number of carbonyl (C=O) groups is 1. The smallest absolute Gasteiger partial charge is 0.269 e. The van der Waals surface area contributed by atoms with Gasteiger partial charge in [-0.2, -0.15) is 0 Å². The van der Waals surface area contributed by atoms with Gasteiger partial charge < -0.3 is 0 Å². The van der Waals surface area contributed by atoms with Gasteiger partial charge >= 0.3 is 0 Å². The molecular formula is C17H12BrN3O3S. The zero-order chi connectivity index (χ0) is 17.8. The Bertz CT molecular complexity index is 908. The molecule has 126 valence electrons. The molecule has 2 aromatic carbocycles. The molecule has 0 radical (unpaired) electrons. The number of amides is 1. The summed E-state index contributed by atoms with van der Waals surface area (Å²) in [5, 5.41) is 13.8. The number of nitro benzene ring substituents is 1. The lowest BCUT2D eigenvalue weighted by Crippen LogP contribution is -2.11. The highest BCUT2D eigenvalue weighted by Crippen LogP contribution is 2.23. The molecule has 0 unspecified atom stereocenters. The predicted molar refractivity (Wildman–Crippen MR) is 100 cm³/mol. The lowest BCUT2D eigenvalue weighted by atomic mass is 10.1. The van der Waals surface area contributed by atoms with E-state index in [1.165, 1.54) is 35.6 Å². The number of nitro groups is 1. The number of non-ortho nitro benzene ring substituents is 1. The molecule has 3 rings (SSSR count).